The van der Waals surface area contributed by atoms with Crippen molar-refractivity contribution in [3.8, 4) is 5.75 Å². The minimum Gasteiger partial charge on any atom is -0.496 e. The molecule has 0 amide bonds. The smallest absolute Gasteiger partial charge is 0.199 e. The summed E-state index contributed by atoms with van der Waals surface area (Å²) in [6.07, 6.45) is 0.465. The van der Waals surface area contributed by atoms with Gasteiger partial charge in [0, 0.05) is 6.42 Å². The minimum absolute atomic E-state index is 0.351. The fourth-order valence-corrected chi connectivity index (χ4v) is 2.06. The van der Waals surface area contributed by atoms with Crippen molar-refractivity contribution in [1.29, 1.82) is 0 Å². The Balaban J connectivity index is 2.44. The number of methoxy groups -OCH3 is 1. The summed E-state index contributed by atoms with van der Waals surface area (Å²) in [6.45, 7) is 1.33. The number of nitrogens with two attached hydrogens (primary N) is 1. The van der Waals surface area contributed by atoms with Crippen LogP contribution >= 0.6 is 0 Å². The van der Waals surface area contributed by atoms with Crippen molar-refractivity contribution >= 4 is 0 Å². The molecule has 1 heterocycles. The standard InChI is InChI=1S/C12H16FNO3/c1-15-11-3-2-9(13)8-10(11)12(4-5-14)16-6-7-17-12/h2-3,8H,4-7,14H2,1H3. The van der Waals surface area contributed by atoms with Crippen LogP contribution in [-0.2, 0) is 15.3 Å². The van der Waals surface area contributed by atoms with Gasteiger partial charge in [0.05, 0.1) is 25.9 Å². The van der Waals surface area contributed by atoms with Gasteiger partial charge in [-0.2, -0.15) is 0 Å². The van der Waals surface area contributed by atoms with E-state index >= 15 is 0 Å². The molecule has 0 unspecified atom stereocenters. The van der Waals surface area contributed by atoms with Crippen LogP contribution in [0.3, 0.4) is 0 Å². The predicted octanol–water partition coefficient (Wildman–Crippen LogP) is 1.38. The normalized spacial score (nSPS) is 18.3. The molecule has 1 aliphatic heterocycles. The van der Waals surface area contributed by atoms with E-state index in [1.165, 1.54) is 19.2 Å². The summed E-state index contributed by atoms with van der Waals surface area (Å²) >= 11 is 0. The molecule has 17 heavy (non-hydrogen) atoms. The molecule has 2 N–H and O–H groups in total. The molecule has 0 radical (unpaired) electrons. The van der Waals surface area contributed by atoms with Crippen LogP contribution in [-0.4, -0.2) is 26.9 Å². The van der Waals surface area contributed by atoms with Gasteiger partial charge in [-0.3, -0.25) is 0 Å². The summed E-state index contributed by atoms with van der Waals surface area (Å²) in [7, 11) is 1.53. The predicted molar refractivity (Wildman–Crippen MR) is 60.2 cm³/mol. The molecule has 1 fully saturated rings. The van der Waals surface area contributed by atoms with E-state index in [0.717, 1.165) is 0 Å². The number of hydrogen-bond donors (Lipinski definition) is 1. The fraction of sp³-hybridized carbons (Fsp3) is 0.500. The Kier molecular flexibility index (Phi) is 3.61. The van der Waals surface area contributed by atoms with Crippen molar-refractivity contribution in [2.45, 2.75) is 12.2 Å². The monoisotopic (exact) mass is 241 g/mol. The molecule has 2 rings (SSSR count). The van der Waals surface area contributed by atoms with Gasteiger partial charge in [-0.25, -0.2) is 4.39 Å². The first-order valence-electron chi connectivity index (χ1n) is 5.54. The average molecular weight is 241 g/mol. The average Bonchev–Trinajstić information content (AvgIpc) is 2.79. The minimum atomic E-state index is -0.970. The third kappa shape index (κ3) is 2.26. The lowest BCUT2D eigenvalue weighted by Crippen LogP contribution is -2.30. The number of halogens is 1. The maximum atomic E-state index is 13.3. The first-order chi connectivity index (χ1) is 8.22. The molecule has 1 aliphatic rings. The molecule has 1 saturated heterocycles. The van der Waals surface area contributed by atoms with Gasteiger partial charge in [-0.15, -0.1) is 0 Å². The molecular weight excluding hydrogens is 225 g/mol. The van der Waals surface area contributed by atoms with Gasteiger partial charge in [-0.1, -0.05) is 0 Å². The zero-order valence-electron chi connectivity index (χ0n) is 9.74. The number of hydrogen-bond acceptors (Lipinski definition) is 4. The van der Waals surface area contributed by atoms with E-state index in [4.69, 9.17) is 19.9 Å². The van der Waals surface area contributed by atoms with E-state index in [1.54, 1.807) is 6.07 Å². The molecule has 0 aliphatic carbocycles. The van der Waals surface area contributed by atoms with Crippen LogP contribution in [0.15, 0.2) is 18.2 Å². The number of ether oxygens (including phenoxy) is 3. The summed E-state index contributed by atoms with van der Waals surface area (Å²) < 4.78 is 29.8. The van der Waals surface area contributed by atoms with Crippen molar-refractivity contribution in [2.24, 2.45) is 5.73 Å². The molecule has 0 saturated carbocycles. The Morgan fingerprint density at radius 3 is 2.71 bits per heavy atom. The largest absolute Gasteiger partial charge is 0.496 e. The van der Waals surface area contributed by atoms with Crippen molar-refractivity contribution in [3.63, 3.8) is 0 Å². The summed E-state index contributed by atoms with van der Waals surface area (Å²) in [5.41, 5.74) is 6.12. The number of benzene rings is 1. The first-order valence-corrected chi connectivity index (χ1v) is 5.54. The molecular formula is C12H16FNO3. The van der Waals surface area contributed by atoms with Gasteiger partial charge in [0.1, 0.15) is 11.6 Å². The van der Waals surface area contributed by atoms with E-state index in [2.05, 4.69) is 0 Å². The molecule has 1 aromatic carbocycles. The van der Waals surface area contributed by atoms with E-state index in [9.17, 15) is 4.39 Å². The molecule has 0 bridgehead atoms. The van der Waals surface area contributed by atoms with Crippen LogP contribution in [0.4, 0.5) is 4.39 Å². The van der Waals surface area contributed by atoms with Crippen LogP contribution in [0.5, 0.6) is 5.75 Å². The zero-order chi connectivity index (χ0) is 12.3. The van der Waals surface area contributed by atoms with Crippen LogP contribution < -0.4 is 10.5 Å². The highest BCUT2D eigenvalue weighted by Gasteiger charge is 2.40. The quantitative estimate of drug-likeness (QED) is 0.865. The molecule has 1 aromatic rings. The molecule has 0 spiro atoms. The van der Waals surface area contributed by atoms with Crippen LogP contribution in [0, 0.1) is 5.82 Å². The fourth-order valence-electron chi connectivity index (χ4n) is 2.06. The van der Waals surface area contributed by atoms with Gasteiger partial charge in [0.25, 0.3) is 0 Å². The molecule has 0 atom stereocenters. The summed E-state index contributed by atoms with van der Waals surface area (Å²) in [5.74, 6) is -0.777. The van der Waals surface area contributed by atoms with Gasteiger partial charge >= 0.3 is 0 Å². The summed E-state index contributed by atoms with van der Waals surface area (Å²) in [5, 5.41) is 0. The number of rotatable bonds is 4. The SMILES string of the molecule is COc1ccc(F)cc1C1(CCN)OCCO1. The summed E-state index contributed by atoms with van der Waals surface area (Å²) in [6, 6.07) is 4.28. The van der Waals surface area contributed by atoms with Crippen molar-refractivity contribution < 1.29 is 18.6 Å². The molecule has 4 nitrogen and oxygen atoms in total. The third-order valence-electron chi connectivity index (χ3n) is 2.80. The van der Waals surface area contributed by atoms with Crippen molar-refractivity contribution in [1.82, 2.24) is 0 Å². The lowest BCUT2D eigenvalue weighted by Gasteiger charge is -2.28. The highest BCUT2D eigenvalue weighted by molar-refractivity contribution is 5.37. The second-order valence-electron chi connectivity index (χ2n) is 3.83. The van der Waals surface area contributed by atoms with E-state index in [-0.39, 0.29) is 5.82 Å². The lowest BCUT2D eigenvalue weighted by molar-refractivity contribution is -0.169. The van der Waals surface area contributed by atoms with Gasteiger partial charge in [0.2, 0.25) is 0 Å². The van der Waals surface area contributed by atoms with Gasteiger partial charge < -0.3 is 19.9 Å². The van der Waals surface area contributed by atoms with Crippen LogP contribution in [0.1, 0.15) is 12.0 Å². The third-order valence-corrected chi connectivity index (χ3v) is 2.80. The highest BCUT2D eigenvalue weighted by Crippen LogP contribution is 2.39. The Morgan fingerprint density at radius 1 is 1.41 bits per heavy atom. The Bertz CT molecular complexity index is 391. The highest BCUT2D eigenvalue weighted by atomic mass is 19.1. The van der Waals surface area contributed by atoms with Crippen LogP contribution in [0.25, 0.3) is 0 Å². The second kappa shape index (κ2) is 5.00. The summed E-state index contributed by atoms with van der Waals surface area (Å²) in [4.78, 5) is 0. The Hall–Kier alpha value is -1.17. The second-order valence-corrected chi connectivity index (χ2v) is 3.83. The van der Waals surface area contributed by atoms with E-state index in [0.29, 0.717) is 37.5 Å². The first kappa shape index (κ1) is 12.3. The van der Waals surface area contributed by atoms with E-state index < -0.39 is 5.79 Å². The van der Waals surface area contributed by atoms with E-state index in [1.807, 2.05) is 0 Å². The maximum absolute atomic E-state index is 13.3. The Morgan fingerprint density at radius 2 is 2.12 bits per heavy atom. The molecule has 5 heteroatoms. The molecule has 94 valence electrons. The van der Waals surface area contributed by atoms with Crippen molar-refractivity contribution in [2.75, 3.05) is 26.9 Å². The Labute approximate surface area is 99.5 Å². The molecule has 0 aromatic heterocycles. The topological polar surface area (TPSA) is 53.7 Å². The maximum Gasteiger partial charge on any atom is 0.199 e. The van der Waals surface area contributed by atoms with Gasteiger partial charge in [-0.05, 0) is 24.7 Å². The van der Waals surface area contributed by atoms with Crippen molar-refractivity contribution in [3.05, 3.63) is 29.6 Å². The van der Waals surface area contributed by atoms with Crippen LogP contribution in [0.2, 0.25) is 0 Å². The lowest BCUT2D eigenvalue weighted by atomic mass is 10.0. The van der Waals surface area contributed by atoms with Gasteiger partial charge in [0.15, 0.2) is 5.79 Å². The zero-order valence-corrected chi connectivity index (χ0v) is 9.74.